The van der Waals surface area contributed by atoms with Crippen molar-refractivity contribution in [3.05, 3.63) is 69.8 Å². The molecule has 1 aromatic rings. The van der Waals surface area contributed by atoms with Gasteiger partial charge < -0.3 is 0 Å². The van der Waals surface area contributed by atoms with E-state index in [9.17, 15) is 4.79 Å². The molecule has 1 unspecified atom stereocenters. The summed E-state index contributed by atoms with van der Waals surface area (Å²) in [6.45, 7) is 20.7. The molecule has 0 heterocycles. The van der Waals surface area contributed by atoms with Crippen LogP contribution in [0.25, 0.3) is 0 Å². The zero-order valence-corrected chi connectivity index (χ0v) is 23.5. The van der Waals surface area contributed by atoms with Crippen LogP contribution in [0.1, 0.15) is 115 Å². The fourth-order valence-corrected chi connectivity index (χ4v) is 6.87. The SMILES string of the molecule is C=C1C(Cc2cc3c(cc2C)C(C)(C)CCC3(C)C)=CC=C1C(=O)C(C)CC1CCC(CC)CC1. The van der Waals surface area contributed by atoms with E-state index >= 15 is 0 Å². The Morgan fingerprint density at radius 3 is 2.14 bits per heavy atom. The molecule has 1 atom stereocenters. The van der Waals surface area contributed by atoms with E-state index < -0.39 is 0 Å². The van der Waals surface area contributed by atoms with Crippen LogP contribution in [0.4, 0.5) is 0 Å². The van der Waals surface area contributed by atoms with Crippen molar-refractivity contribution in [3.8, 4) is 0 Å². The van der Waals surface area contributed by atoms with Gasteiger partial charge in [0.1, 0.15) is 0 Å². The van der Waals surface area contributed by atoms with E-state index in [1.807, 2.05) is 6.08 Å². The van der Waals surface area contributed by atoms with Crippen LogP contribution in [0, 0.1) is 24.7 Å². The molecular weight excluding hydrogens is 424 g/mol. The molecule has 3 aliphatic carbocycles. The number of rotatable bonds is 7. The van der Waals surface area contributed by atoms with Crippen LogP contribution < -0.4 is 0 Å². The number of hydrogen-bond donors (Lipinski definition) is 0. The van der Waals surface area contributed by atoms with Crippen molar-refractivity contribution in [2.45, 2.75) is 117 Å². The number of ketones is 1. The molecule has 190 valence electrons. The summed E-state index contributed by atoms with van der Waals surface area (Å²) >= 11 is 0. The Morgan fingerprint density at radius 1 is 0.971 bits per heavy atom. The number of aryl methyl sites for hydroxylation is 1. The molecule has 0 radical (unpaired) electrons. The lowest BCUT2D eigenvalue weighted by Gasteiger charge is -2.42. The van der Waals surface area contributed by atoms with Crippen molar-refractivity contribution in [1.82, 2.24) is 0 Å². The first kappa shape index (κ1) is 26.2. The highest BCUT2D eigenvalue weighted by atomic mass is 16.1. The maximum atomic E-state index is 13.4. The van der Waals surface area contributed by atoms with Gasteiger partial charge in [-0.05, 0) is 88.7 Å². The summed E-state index contributed by atoms with van der Waals surface area (Å²) in [5.41, 5.74) is 9.22. The zero-order valence-electron chi connectivity index (χ0n) is 23.5. The number of fused-ring (bicyclic) bond motifs is 1. The molecule has 0 aromatic heterocycles. The Kier molecular flexibility index (Phi) is 7.38. The summed E-state index contributed by atoms with van der Waals surface area (Å²) in [4.78, 5) is 13.4. The van der Waals surface area contributed by atoms with Gasteiger partial charge >= 0.3 is 0 Å². The highest BCUT2D eigenvalue weighted by Crippen LogP contribution is 2.47. The summed E-state index contributed by atoms with van der Waals surface area (Å²) in [5.74, 6) is 2.00. The van der Waals surface area contributed by atoms with Crippen molar-refractivity contribution < 1.29 is 4.79 Å². The third kappa shape index (κ3) is 5.30. The second kappa shape index (κ2) is 9.87. The van der Waals surface area contributed by atoms with Gasteiger partial charge in [0.15, 0.2) is 5.78 Å². The molecule has 1 heteroatoms. The van der Waals surface area contributed by atoms with Crippen molar-refractivity contribution in [3.63, 3.8) is 0 Å². The Hall–Kier alpha value is -1.89. The fourth-order valence-electron chi connectivity index (χ4n) is 6.87. The Labute approximate surface area is 215 Å². The lowest BCUT2D eigenvalue weighted by atomic mass is 9.62. The molecule has 0 spiro atoms. The molecule has 0 saturated heterocycles. The second-order valence-corrected chi connectivity index (χ2v) is 13.3. The van der Waals surface area contributed by atoms with Crippen molar-refractivity contribution in [2.24, 2.45) is 17.8 Å². The van der Waals surface area contributed by atoms with E-state index in [2.05, 4.69) is 73.3 Å². The molecule has 1 saturated carbocycles. The summed E-state index contributed by atoms with van der Waals surface area (Å²) in [5, 5.41) is 0. The molecule has 0 N–H and O–H groups in total. The van der Waals surface area contributed by atoms with Gasteiger partial charge in [0.25, 0.3) is 0 Å². The van der Waals surface area contributed by atoms with Gasteiger partial charge in [0.2, 0.25) is 0 Å². The van der Waals surface area contributed by atoms with E-state index in [4.69, 9.17) is 0 Å². The second-order valence-electron chi connectivity index (χ2n) is 13.3. The Balaban J connectivity index is 1.43. The predicted octanol–water partition coefficient (Wildman–Crippen LogP) is 9.12. The van der Waals surface area contributed by atoms with Crippen molar-refractivity contribution in [2.75, 3.05) is 0 Å². The quantitative estimate of drug-likeness (QED) is 0.386. The maximum Gasteiger partial charge on any atom is 0.166 e. The van der Waals surface area contributed by atoms with E-state index in [1.165, 1.54) is 72.8 Å². The molecule has 0 bridgehead atoms. The summed E-state index contributed by atoms with van der Waals surface area (Å²) in [6.07, 6.45) is 15.1. The standard InChI is InChI=1S/C34H48O/c1-9-25-10-12-26(13-11-25)18-23(3)32(35)29-15-14-27(24(29)4)20-28-21-31-30(19-22(28)2)33(5,6)16-17-34(31,7)8/h14-15,19,21,23,25-26H,4,9-13,16-18,20H2,1-3,5-8H3. The van der Waals surface area contributed by atoms with E-state index in [0.29, 0.717) is 11.7 Å². The fraction of sp³-hybridized carbons (Fsp3) is 0.618. The van der Waals surface area contributed by atoms with Gasteiger partial charge in [-0.15, -0.1) is 0 Å². The first-order valence-corrected chi connectivity index (χ1v) is 14.2. The molecule has 0 aliphatic heterocycles. The van der Waals surface area contributed by atoms with Gasteiger partial charge in [0.05, 0.1) is 0 Å². The number of benzene rings is 1. The first-order chi connectivity index (χ1) is 16.4. The lowest BCUT2D eigenvalue weighted by Crippen LogP contribution is -2.34. The highest BCUT2D eigenvalue weighted by Gasteiger charge is 2.37. The van der Waals surface area contributed by atoms with Gasteiger partial charge in [-0.25, -0.2) is 0 Å². The Bertz CT molecular complexity index is 1050. The monoisotopic (exact) mass is 472 g/mol. The third-order valence-corrected chi connectivity index (χ3v) is 9.80. The Morgan fingerprint density at radius 2 is 1.54 bits per heavy atom. The molecule has 4 rings (SSSR count). The van der Waals surface area contributed by atoms with Crippen LogP contribution in [-0.2, 0) is 22.0 Å². The summed E-state index contributed by atoms with van der Waals surface area (Å²) in [7, 11) is 0. The topological polar surface area (TPSA) is 17.1 Å². The van der Waals surface area contributed by atoms with E-state index in [0.717, 1.165) is 29.9 Å². The number of allylic oxidation sites excluding steroid dienone is 5. The van der Waals surface area contributed by atoms with Gasteiger partial charge in [-0.3, -0.25) is 4.79 Å². The highest BCUT2D eigenvalue weighted by molar-refractivity contribution is 6.03. The molecule has 1 nitrogen and oxygen atoms in total. The zero-order chi connectivity index (χ0) is 25.5. The van der Waals surface area contributed by atoms with Crippen LogP contribution in [0.2, 0.25) is 0 Å². The number of hydrogen-bond acceptors (Lipinski definition) is 1. The molecule has 0 amide bonds. The molecule has 35 heavy (non-hydrogen) atoms. The first-order valence-electron chi connectivity index (χ1n) is 14.2. The van der Waals surface area contributed by atoms with Crippen LogP contribution in [-0.4, -0.2) is 5.78 Å². The van der Waals surface area contributed by atoms with Gasteiger partial charge in [-0.1, -0.05) is 105 Å². The van der Waals surface area contributed by atoms with Gasteiger partial charge in [-0.2, -0.15) is 0 Å². The number of Topliss-reactive ketones (excluding diaryl/α,β-unsaturated/α-hetero) is 1. The van der Waals surface area contributed by atoms with Crippen molar-refractivity contribution in [1.29, 1.82) is 0 Å². The molecular formula is C34H48O. The lowest BCUT2D eigenvalue weighted by molar-refractivity contribution is -0.119. The van der Waals surface area contributed by atoms with E-state index in [-0.39, 0.29) is 16.7 Å². The minimum Gasteiger partial charge on any atom is -0.294 e. The van der Waals surface area contributed by atoms with Crippen LogP contribution in [0.15, 0.2) is 47.6 Å². The summed E-state index contributed by atoms with van der Waals surface area (Å²) in [6, 6.07) is 4.91. The predicted molar refractivity (Wildman–Crippen MR) is 150 cm³/mol. The molecule has 3 aliphatic rings. The van der Waals surface area contributed by atoms with Gasteiger partial charge in [0, 0.05) is 11.5 Å². The van der Waals surface area contributed by atoms with E-state index in [1.54, 1.807) is 0 Å². The van der Waals surface area contributed by atoms with Crippen LogP contribution in [0.5, 0.6) is 0 Å². The van der Waals surface area contributed by atoms with Crippen LogP contribution in [0.3, 0.4) is 0 Å². The number of carbonyl (C=O) groups excluding carboxylic acids is 1. The molecule has 1 aromatic carbocycles. The van der Waals surface area contributed by atoms with Crippen molar-refractivity contribution >= 4 is 5.78 Å². The average molecular weight is 473 g/mol. The number of carbonyl (C=O) groups is 1. The maximum absolute atomic E-state index is 13.4. The minimum absolute atomic E-state index is 0.0856. The molecule has 1 fully saturated rings. The van der Waals surface area contributed by atoms with Crippen LogP contribution >= 0.6 is 0 Å². The average Bonchev–Trinajstić information content (AvgIpc) is 3.17. The third-order valence-electron chi connectivity index (χ3n) is 9.80. The largest absolute Gasteiger partial charge is 0.294 e. The minimum atomic E-state index is 0.0856. The summed E-state index contributed by atoms with van der Waals surface area (Å²) < 4.78 is 0. The normalized spacial score (nSPS) is 26.1. The smallest absolute Gasteiger partial charge is 0.166 e.